The number of rotatable bonds is 4. The summed E-state index contributed by atoms with van der Waals surface area (Å²) in [4.78, 5) is 35.1. The monoisotopic (exact) mass is 327 g/mol. The Morgan fingerprint density at radius 1 is 1.48 bits per heavy atom. The van der Waals surface area contributed by atoms with Gasteiger partial charge in [0.15, 0.2) is 11.9 Å². The summed E-state index contributed by atoms with van der Waals surface area (Å²) in [5.41, 5.74) is 6.89. The number of thiazole rings is 1. The molecule has 1 amide bonds. The van der Waals surface area contributed by atoms with Crippen molar-refractivity contribution in [2.75, 3.05) is 5.73 Å². The van der Waals surface area contributed by atoms with E-state index in [1.807, 2.05) is 0 Å². The first-order chi connectivity index (χ1) is 9.99. The molecule has 0 saturated heterocycles. The average Bonchev–Trinajstić information content (AvgIpc) is 2.95. The van der Waals surface area contributed by atoms with Gasteiger partial charge in [-0.05, 0) is 6.92 Å². The van der Waals surface area contributed by atoms with E-state index in [0.29, 0.717) is 4.88 Å². The zero-order valence-corrected chi connectivity index (χ0v) is 12.3. The molecule has 2 rings (SSSR count). The van der Waals surface area contributed by atoms with Gasteiger partial charge in [-0.1, -0.05) is 11.6 Å². The van der Waals surface area contributed by atoms with Crippen LogP contribution in [0.2, 0.25) is 5.02 Å². The van der Waals surface area contributed by atoms with Crippen LogP contribution in [0.25, 0.3) is 0 Å². The van der Waals surface area contributed by atoms with E-state index in [9.17, 15) is 9.59 Å². The van der Waals surface area contributed by atoms with E-state index in [-0.39, 0.29) is 16.5 Å². The van der Waals surface area contributed by atoms with Gasteiger partial charge in [0.05, 0.1) is 11.7 Å². The molecule has 2 heterocycles. The van der Waals surface area contributed by atoms with E-state index in [1.165, 1.54) is 18.6 Å². The molecule has 0 aliphatic carbocycles. The largest absolute Gasteiger partial charge is 0.438 e. The fraction of sp³-hybridized carbons (Fsp3) is 0.182. The summed E-state index contributed by atoms with van der Waals surface area (Å²) >= 11 is 6.97. The third-order valence-corrected chi connectivity index (χ3v) is 3.41. The van der Waals surface area contributed by atoms with Crippen molar-refractivity contribution in [1.29, 1.82) is 0 Å². The van der Waals surface area contributed by atoms with Gasteiger partial charge >= 0.3 is 5.97 Å². The quantitative estimate of drug-likeness (QED) is 0.637. The fourth-order valence-corrected chi connectivity index (χ4v) is 2.04. The second kappa shape index (κ2) is 6.46. The summed E-state index contributed by atoms with van der Waals surface area (Å²) in [6.07, 6.45) is 1.62. The molecule has 10 heteroatoms. The third kappa shape index (κ3) is 3.64. The summed E-state index contributed by atoms with van der Waals surface area (Å²) in [6.45, 7) is 1.50. The van der Waals surface area contributed by atoms with Gasteiger partial charge in [0.1, 0.15) is 22.0 Å². The first-order valence-electron chi connectivity index (χ1n) is 5.65. The molecule has 2 aromatic heterocycles. The van der Waals surface area contributed by atoms with Gasteiger partial charge in [0.2, 0.25) is 0 Å². The summed E-state index contributed by atoms with van der Waals surface area (Å²) in [5, 5.41) is 2.37. The van der Waals surface area contributed by atoms with Crippen LogP contribution in [0.3, 0.4) is 0 Å². The maximum atomic E-state index is 12.0. The lowest BCUT2D eigenvalue weighted by Gasteiger charge is -2.14. The number of carbonyl (C=O) groups excluding carboxylic acids is 2. The van der Waals surface area contributed by atoms with Crippen LogP contribution >= 0.6 is 22.9 Å². The van der Waals surface area contributed by atoms with Gasteiger partial charge < -0.3 is 15.8 Å². The Kier molecular flexibility index (Phi) is 4.66. The first-order valence-corrected chi connectivity index (χ1v) is 6.91. The van der Waals surface area contributed by atoms with E-state index in [2.05, 4.69) is 20.3 Å². The Labute approximate surface area is 128 Å². The maximum absolute atomic E-state index is 12.0. The summed E-state index contributed by atoms with van der Waals surface area (Å²) in [5.74, 6) is -1.22. The van der Waals surface area contributed by atoms with Gasteiger partial charge in [-0.3, -0.25) is 9.78 Å². The molecule has 110 valence electrons. The van der Waals surface area contributed by atoms with Crippen LogP contribution in [-0.4, -0.2) is 33.1 Å². The molecule has 0 aromatic carbocycles. The van der Waals surface area contributed by atoms with Crippen LogP contribution < -0.4 is 11.1 Å². The van der Waals surface area contributed by atoms with Crippen molar-refractivity contribution in [1.82, 2.24) is 20.3 Å². The number of ether oxygens (including phenoxy) is 1. The highest BCUT2D eigenvalue weighted by molar-refractivity contribution is 7.11. The second-order valence-corrected chi connectivity index (χ2v) is 5.07. The number of carbonyl (C=O) groups is 2. The number of nitrogen functional groups attached to an aromatic ring is 1. The minimum absolute atomic E-state index is 0.00822. The lowest BCUT2D eigenvalue weighted by molar-refractivity contribution is 0.0268. The number of nitrogens with two attached hydrogens (primary N) is 1. The van der Waals surface area contributed by atoms with Crippen LogP contribution in [0.1, 0.15) is 27.1 Å². The normalized spacial score (nSPS) is 11.7. The Hall–Kier alpha value is -2.26. The van der Waals surface area contributed by atoms with E-state index in [0.717, 1.165) is 17.7 Å². The zero-order valence-electron chi connectivity index (χ0n) is 10.7. The molecule has 0 aliphatic rings. The predicted molar refractivity (Wildman–Crippen MR) is 75.9 cm³/mol. The number of hydrogen-bond donors (Lipinski definition) is 2. The number of esters is 1. The first kappa shape index (κ1) is 15.1. The number of anilines is 1. The predicted octanol–water partition coefficient (Wildman–Crippen LogP) is 1.10. The maximum Gasteiger partial charge on any atom is 0.351 e. The van der Waals surface area contributed by atoms with Crippen LogP contribution in [0.4, 0.5) is 5.82 Å². The Balaban J connectivity index is 1.99. The van der Waals surface area contributed by atoms with Crippen LogP contribution in [0, 0.1) is 0 Å². The second-order valence-electron chi connectivity index (χ2n) is 3.81. The molecule has 0 saturated carbocycles. The van der Waals surface area contributed by atoms with E-state index in [4.69, 9.17) is 22.1 Å². The summed E-state index contributed by atoms with van der Waals surface area (Å²) in [7, 11) is 0. The molecule has 0 spiro atoms. The van der Waals surface area contributed by atoms with Crippen LogP contribution in [-0.2, 0) is 4.74 Å². The highest BCUT2D eigenvalue weighted by atomic mass is 35.5. The molecule has 0 bridgehead atoms. The molecule has 1 atom stereocenters. The SMILES string of the molecule is CC(NC(=O)c1ncnc(N)c1Cl)OC(=O)c1cncs1. The number of aromatic nitrogens is 3. The Morgan fingerprint density at radius 3 is 2.90 bits per heavy atom. The van der Waals surface area contributed by atoms with Gasteiger partial charge in [-0.2, -0.15) is 0 Å². The van der Waals surface area contributed by atoms with Crippen molar-refractivity contribution in [3.8, 4) is 0 Å². The molecule has 2 aromatic rings. The van der Waals surface area contributed by atoms with Crippen molar-refractivity contribution in [2.24, 2.45) is 0 Å². The van der Waals surface area contributed by atoms with Crippen molar-refractivity contribution >= 4 is 40.6 Å². The number of amides is 1. The smallest absolute Gasteiger partial charge is 0.351 e. The number of hydrogen-bond acceptors (Lipinski definition) is 8. The molecule has 3 N–H and O–H groups in total. The fourth-order valence-electron chi connectivity index (χ4n) is 1.36. The molecular weight excluding hydrogens is 318 g/mol. The average molecular weight is 328 g/mol. The highest BCUT2D eigenvalue weighted by Gasteiger charge is 2.19. The van der Waals surface area contributed by atoms with Crippen molar-refractivity contribution in [2.45, 2.75) is 13.2 Å². The minimum atomic E-state index is -0.876. The van der Waals surface area contributed by atoms with E-state index >= 15 is 0 Å². The van der Waals surface area contributed by atoms with Crippen molar-refractivity contribution in [3.05, 3.63) is 33.6 Å². The topological polar surface area (TPSA) is 120 Å². The minimum Gasteiger partial charge on any atom is -0.438 e. The lowest BCUT2D eigenvalue weighted by atomic mass is 10.3. The third-order valence-electron chi connectivity index (χ3n) is 2.28. The standard InChI is InChI=1S/C11H10ClN5O3S/c1-5(20-11(19)6-2-14-4-21-6)17-10(18)8-7(12)9(13)16-3-15-8/h2-5H,1H3,(H,17,18)(H2,13,15,16). The highest BCUT2D eigenvalue weighted by Crippen LogP contribution is 2.18. The van der Waals surface area contributed by atoms with Gasteiger partial charge in [0, 0.05) is 0 Å². The Morgan fingerprint density at radius 2 is 2.24 bits per heavy atom. The number of nitrogens with zero attached hydrogens (tertiary/aromatic N) is 3. The zero-order chi connectivity index (χ0) is 15.4. The summed E-state index contributed by atoms with van der Waals surface area (Å²) in [6, 6.07) is 0. The molecular formula is C11H10ClN5O3S. The Bertz CT molecular complexity index is 664. The van der Waals surface area contributed by atoms with Crippen molar-refractivity contribution < 1.29 is 14.3 Å². The van der Waals surface area contributed by atoms with E-state index < -0.39 is 18.1 Å². The number of halogens is 1. The molecule has 21 heavy (non-hydrogen) atoms. The lowest BCUT2D eigenvalue weighted by Crippen LogP contribution is -2.36. The van der Waals surface area contributed by atoms with E-state index in [1.54, 1.807) is 0 Å². The molecule has 1 unspecified atom stereocenters. The molecule has 8 nitrogen and oxygen atoms in total. The van der Waals surface area contributed by atoms with Gasteiger partial charge in [-0.15, -0.1) is 11.3 Å². The van der Waals surface area contributed by atoms with Crippen LogP contribution in [0.5, 0.6) is 0 Å². The molecule has 0 radical (unpaired) electrons. The summed E-state index contributed by atoms with van der Waals surface area (Å²) < 4.78 is 5.04. The molecule has 0 fully saturated rings. The molecule has 0 aliphatic heterocycles. The van der Waals surface area contributed by atoms with Crippen LogP contribution in [0.15, 0.2) is 18.0 Å². The number of nitrogens with one attached hydrogen (secondary N) is 1. The van der Waals surface area contributed by atoms with Gasteiger partial charge in [0.25, 0.3) is 5.91 Å². The van der Waals surface area contributed by atoms with Crippen molar-refractivity contribution in [3.63, 3.8) is 0 Å². The van der Waals surface area contributed by atoms with Gasteiger partial charge in [-0.25, -0.2) is 14.8 Å².